The second kappa shape index (κ2) is 15.5. The van der Waals surface area contributed by atoms with Gasteiger partial charge in [0.2, 0.25) is 0 Å². The zero-order valence-electron chi connectivity index (χ0n) is 40.3. The first-order chi connectivity index (χ1) is 37.2. The van der Waals surface area contributed by atoms with E-state index < -0.39 is 0 Å². The SMILES string of the molecule is c1ccc(-c2ccc(N3c4cccc5c4B(c4c3cc3c6c4Oc4ccccc4B6c4ccccc4O3)c3c(cc4c6c3Oc3ccccc3B6c3ccccc3O4)N5c3ccc(-c4ccccc4)cc3)cc2)cc1. The summed E-state index contributed by atoms with van der Waals surface area (Å²) in [6, 6.07) is 84.5. The average Bonchev–Trinajstić information content (AvgIpc) is 3.58. The van der Waals surface area contributed by atoms with Gasteiger partial charge in [-0.05, 0) is 121 Å². The van der Waals surface area contributed by atoms with Crippen LogP contribution in [0.1, 0.15) is 0 Å². The molecule has 6 heterocycles. The van der Waals surface area contributed by atoms with Gasteiger partial charge in [-0.15, -0.1) is 0 Å². The predicted molar refractivity (Wildman–Crippen MR) is 307 cm³/mol. The first-order valence-electron chi connectivity index (χ1n) is 25.7. The average molecular weight is 956 g/mol. The van der Waals surface area contributed by atoms with Crippen LogP contribution in [0.3, 0.4) is 0 Å². The minimum atomic E-state index is -0.382. The van der Waals surface area contributed by atoms with Crippen LogP contribution in [-0.4, -0.2) is 20.1 Å². The van der Waals surface area contributed by atoms with Gasteiger partial charge < -0.3 is 28.7 Å². The lowest BCUT2D eigenvalue weighted by Gasteiger charge is -2.47. The number of anilines is 6. The fraction of sp³-hybridized carbons (Fsp3) is 0. The fourth-order valence-electron chi connectivity index (χ4n) is 13.2. The van der Waals surface area contributed by atoms with Gasteiger partial charge in [0.25, 0.3) is 20.1 Å². The Kier molecular flexibility index (Phi) is 8.44. The number of hydrogen-bond donors (Lipinski definition) is 0. The van der Waals surface area contributed by atoms with E-state index in [4.69, 9.17) is 18.9 Å². The maximum Gasteiger partial charge on any atom is 0.261 e. The van der Waals surface area contributed by atoms with E-state index >= 15 is 0 Å². The summed E-state index contributed by atoms with van der Waals surface area (Å²) in [5, 5.41) is 0. The van der Waals surface area contributed by atoms with Crippen molar-refractivity contribution in [3.63, 3.8) is 0 Å². The quantitative estimate of drug-likeness (QED) is 0.164. The zero-order chi connectivity index (χ0) is 48.9. The molecule has 0 atom stereocenters. The molecule has 11 aromatic carbocycles. The van der Waals surface area contributed by atoms with Crippen LogP contribution in [0.15, 0.2) is 237 Å². The maximum absolute atomic E-state index is 7.53. The number of fused-ring (bicyclic) bond motifs is 14. The molecule has 6 aliphatic heterocycles. The van der Waals surface area contributed by atoms with Crippen LogP contribution >= 0.6 is 0 Å². The molecule has 346 valence electrons. The van der Waals surface area contributed by atoms with Crippen molar-refractivity contribution in [2.45, 2.75) is 0 Å². The number of nitrogens with zero attached hydrogens (tertiary/aromatic N) is 2. The molecule has 0 saturated carbocycles. The van der Waals surface area contributed by atoms with Gasteiger partial charge in [0.05, 0.1) is 0 Å². The van der Waals surface area contributed by atoms with Gasteiger partial charge in [0.15, 0.2) is 0 Å². The second-order valence-corrected chi connectivity index (χ2v) is 20.2. The highest BCUT2D eigenvalue weighted by atomic mass is 16.5. The summed E-state index contributed by atoms with van der Waals surface area (Å²) in [4.78, 5) is 4.87. The molecule has 0 saturated heterocycles. The Morgan fingerprint density at radius 3 is 0.987 bits per heavy atom. The highest BCUT2D eigenvalue weighted by molar-refractivity contribution is 7.05. The molecule has 0 unspecified atom stereocenters. The van der Waals surface area contributed by atoms with Crippen LogP contribution in [0.4, 0.5) is 34.1 Å². The number of benzene rings is 11. The molecule has 0 N–H and O–H groups in total. The molecule has 9 heteroatoms. The number of rotatable bonds is 4. The van der Waals surface area contributed by atoms with Gasteiger partial charge in [-0.1, -0.05) is 164 Å². The Hall–Kier alpha value is -9.59. The molecule has 0 amide bonds. The lowest BCUT2D eigenvalue weighted by molar-refractivity contribution is 0.466. The van der Waals surface area contributed by atoms with Crippen LogP contribution in [-0.2, 0) is 0 Å². The Morgan fingerprint density at radius 2 is 0.587 bits per heavy atom. The van der Waals surface area contributed by atoms with Crippen molar-refractivity contribution in [3.8, 4) is 68.2 Å². The van der Waals surface area contributed by atoms with Gasteiger partial charge in [0, 0.05) is 57.2 Å². The van der Waals surface area contributed by atoms with Gasteiger partial charge in [-0.3, -0.25) is 0 Å². The van der Waals surface area contributed by atoms with E-state index in [-0.39, 0.29) is 20.1 Å². The van der Waals surface area contributed by atoms with Gasteiger partial charge >= 0.3 is 0 Å². The molecular weight excluding hydrogens is 917 g/mol. The maximum atomic E-state index is 7.53. The Balaban J connectivity index is 0.989. The van der Waals surface area contributed by atoms with Crippen LogP contribution in [0.2, 0.25) is 0 Å². The summed E-state index contributed by atoms with van der Waals surface area (Å²) < 4.78 is 29.3. The third-order valence-corrected chi connectivity index (χ3v) is 16.3. The smallest absolute Gasteiger partial charge is 0.261 e. The molecule has 0 aliphatic carbocycles. The van der Waals surface area contributed by atoms with E-state index in [1.165, 1.54) is 11.1 Å². The predicted octanol–water partition coefficient (Wildman–Crippen LogP) is 10.6. The monoisotopic (exact) mass is 956 g/mol. The normalized spacial score (nSPS) is 13.9. The van der Waals surface area contributed by atoms with Crippen molar-refractivity contribution in [3.05, 3.63) is 237 Å². The van der Waals surface area contributed by atoms with Crippen LogP contribution in [0.5, 0.6) is 46.0 Å². The summed E-state index contributed by atoms with van der Waals surface area (Å²) in [6.45, 7) is -0.646. The molecule has 17 rings (SSSR count). The standard InChI is InChI=1S/C66H39B3N2O4/c1-3-16-40(17-4-1)42-30-34-44(35-31-42)70-50-24-15-25-51-60(50)69(61-52(70)38-58-63-65(61)74-56-28-13-9-22-48(56)67(63)46-20-7-11-26-54(46)72-58)62-53(71(51)45-36-32-43(33-37-45)41-18-5-2-6-19-41)39-59-64-66(62)75-57-29-14-10-23-49(57)68(64)47-21-8-12-27-55(47)73-59/h1-39H. The fourth-order valence-corrected chi connectivity index (χ4v) is 13.2. The molecule has 0 aromatic heterocycles. The van der Waals surface area contributed by atoms with Crippen molar-refractivity contribution < 1.29 is 18.9 Å². The summed E-state index contributed by atoms with van der Waals surface area (Å²) in [7, 11) is 0. The summed E-state index contributed by atoms with van der Waals surface area (Å²) >= 11 is 0. The molecule has 0 bridgehead atoms. The van der Waals surface area contributed by atoms with E-state index in [1.54, 1.807) is 0 Å². The Labute approximate surface area is 434 Å². The third-order valence-electron chi connectivity index (χ3n) is 16.3. The number of para-hydroxylation sites is 4. The Bertz CT molecular complexity index is 3940. The van der Waals surface area contributed by atoms with E-state index in [0.717, 1.165) is 140 Å². The molecule has 11 aromatic rings. The molecule has 0 spiro atoms. The van der Waals surface area contributed by atoms with Gasteiger partial charge in [-0.25, -0.2) is 0 Å². The lowest BCUT2D eigenvalue weighted by Crippen LogP contribution is -2.66. The molecule has 0 fully saturated rings. The minimum absolute atomic E-state index is 0.132. The minimum Gasteiger partial charge on any atom is -0.459 e. The highest BCUT2D eigenvalue weighted by Crippen LogP contribution is 2.50. The van der Waals surface area contributed by atoms with Crippen LogP contribution < -0.4 is 77.9 Å². The second-order valence-electron chi connectivity index (χ2n) is 20.2. The van der Waals surface area contributed by atoms with Crippen molar-refractivity contribution >= 4 is 103 Å². The molecular formula is C66H39B3N2O4. The van der Waals surface area contributed by atoms with Crippen LogP contribution in [0, 0.1) is 0 Å². The van der Waals surface area contributed by atoms with Crippen molar-refractivity contribution in [1.29, 1.82) is 0 Å². The van der Waals surface area contributed by atoms with E-state index in [2.05, 4.69) is 246 Å². The summed E-state index contributed by atoms with van der Waals surface area (Å²) in [6.07, 6.45) is 0. The highest BCUT2D eigenvalue weighted by Gasteiger charge is 2.53. The number of hydrogen-bond acceptors (Lipinski definition) is 6. The largest absolute Gasteiger partial charge is 0.459 e. The van der Waals surface area contributed by atoms with E-state index in [1.807, 2.05) is 0 Å². The first kappa shape index (κ1) is 40.9. The van der Waals surface area contributed by atoms with Crippen LogP contribution in [0.25, 0.3) is 22.3 Å². The lowest BCUT2D eigenvalue weighted by atomic mass is 9.29. The summed E-state index contributed by atoms with van der Waals surface area (Å²) in [5.41, 5.74) is 20.5. The first-order valence-corrected chi connectivity index (χ1v) is 25.7. The number of ether oxygens (including phenoxy) is 4. The molecule has 75 heavy (non-hydrogen) atoms. The van der Waals surface area contributed by atoms with E-state index in [9.17, 15) is 0 Å². The van der Waals surface area contributed by atoms with Crippen molar-refractivity contribution in [1.82, 2.24) is 0 Å². The molecule has 6 nitrogen and oxygen atoms in total. The van der Waals surface area contributed by atoms with E-state index in [0.29, 0.717) is 0 Å². The molecule has 0 radical (unpaired) electrons. The van der Waals surface area contributed by atoms with Crippen molar-refractivity contribution in [2.24, 2.45) is 0 Å². The molecule has 6 aliphatic rings. The van der Waals surface area contributed by atoms with Gasteiger partial charge in [0.1, 0.15) is 46.0 Å². The third kappa shape index (κ3) is 5.78. The van der Waals surface area contributed by atoms with Crippen molar-refractivity contribution in [2.75, 3.05) is 9.80 Å². The Morgan fingerprint density at radius 1 is 0.240 bits per heavy atom. The van der Waals surface area contributed by atoms with Gasteiger partial charge in [-0.2, -0.15) is 0 Å². The zero-order valence-corrected chi connectivity index (χ0v) is 40.3. The topological polar surface area (TPSA) is 43.4 Å². The summed E-state index contributed by atoms with van der Waals surface area (Å²) in [5.74, 6) is 6.55.